The second-order valence-corrected chi connectivity index (χ2v) is 4.35. The Labute approximate surface area is 101 Å². The van der Waals surface area contributed by atoms with Gasteiger partial charge in [-0.25, -0.2) is 4.79 Å². The van der Waals surface area contributed by atoms with E-state index < -0.39 is 0 Å². The van der Waals surface area contributed by atoms with Crippen LogP contribution in [0.15, 0.2) is 24.5 Å². The van der Waals surface area contributed by atoms with Crippen LogP contribution in [0.2, 0.25) is 0 Å². The monoisotopic (exact) mass is 237 g/mol. The van der Waals surface area contributed by atoms with Crippen molar-refractivity contribution in [3.63, 3.8) is 0 Å². The van der Waals surface area contributed by atoms with Gasteiger partial charge in [-0.2, -0.15) is 0 Å². The van der Waals surface area contributed by atoms with Gasteiger partial charge in [0.1, 0.15) is 0 Å². The molecule has 17 heavy (non-hydrogen) atoms. The number of hydrogen-bond donors (Lipinski definition) is 3. The number of nitrogens with one attached hydrogen (secondary N) is 2. The first kappa shape index (κ1) is 13.4. The van der Waals surface area contributed by atoms with Gasteiger partial charge in [0.15, 0.2) is 0 Å². The smallest absolute Gasteiger partial charge is 0.319 e. The van der Waals surface area contributed by atoms with Gasteiger partial charge < -0.3 is 15.7 Å². The van der Waals surface area contributed by atoms with Crippen LogP contribution < -0.4 is 10.6 Å². The zero-order chi connectivity index (χ0) is 12.7. The molecule has 0 bridgehead atoms. The van der Waals surface area contributed by atoms with E-state index in [0.717, 1.165) is 6.42 Å². The Hall–Kier alpha value is -1.62. The quantitative estimate of drug-likeness (QED) is 0.728. The normalized spacial score (nSPS) is 12.2. The van der Waals surface area contributed by atoms with Crippen molar-refractivity contribution in [2.45, 2.75) is 26.3 Å². The maximum atomic E-state index is 11.6. The molecule has 1 aromatic heterocycles. The fourth-order valence-electron chi connectivity index (χ4n) is 1.54. The number of aliphatic hydroxyl groups is 1. The molecule has 0 aliphatic carbocycles. The van der Waals surface area contributed by atoms with E-state index >= 15 is 0 Å². The zero-order valence-electron chi connectivity index (χ0n) is 10.2. The van der Waals surface area contributed by atoms with Crippen LogP contribution in [0.5, 0.6) is 0 Å². The highest BCUT2D eigenvalue weighted by atomic mass is 16.3. The summed E-state index contributed by atoms with van der Waals surface area (Å²) >= 11 is 0. The van der Waals surface area contributed by atoms with E-state index in [2.05, 4.69) is 15.6 Å². The van der Waals surface area contributed by atoms with Gasteiger partial charge >= 0.3 is 6.03 Å². The first-order chi connectivity index (χ1) is 8.11. The molecule has 0 saturated carbocycles. The van der Waals surface area contributed by atoms with E-state index in [4.69, 9.17) is 5.11 Å². The summed E-state index contributed by atoms with van der Waals surface area (Å²) in [6.07, 6.45) is 3.95. The number of hydrogen-bond acceptors (Lipinski definition) is 3. The highest BCUT2D eigenvalue weighted by Gasteiger charge is 2.12. The van der Waals surface area contributed by atoms with E-state index in [1.165, 1.54) is 0 Å². The highest BCUT2D eigenvalue weighted by Crippen LogP contribution is 2.05. The zero-order valence-corrected chi connectivity index (χ0v) is 10.2. The number of nitrogens with zero attached hydrogens (tertiary/aromatic N) is 1. The lowest BCUT2D eigenvalue weighted by atomic mass is 10.0. The summed E-state index contributed by atoms with van der Waals surface area (Å²) in [5.74, 6) is 0.422. The molecular weight excluding hydrogens is 218 g/mol. The Kier molecular flexibility index (Phi) is 5.42. The van der Waals surface area contributed by atoms with Crippen molar-refractivity contribution in [2.75, 3.05) is 11.9 Å². The van der Waals surface area contributed by atoms with Gasteiger partial charge in [0.05, 0.1) is 24.5 Å². The van der Waals surface area contributed by atoms with Gasteiger partial charge in [-0.1, -0.05) is 13.8 Å². The molecule has 0 fully saturated rings. The van der Waals surface area contributed by atoms with Crippen molar-refractivity contribution in [2.24, 2.45) is 5.92 Å². The van der Waals surface area contributed by atoms with Crippen molar-refractivity contribution in [1.29, 1.82) is 0 Å². The van der Waals surface area contributed by atoms with Crippen molar-refractivity contribution in [3.8, 4) is 0 Å². The highest BCUT2D eigenvalue weighted by molar-refractivity contribution is 5.89. The molecule has 0 saturated heterocycles. The van der Waals surface area contributed by atoms with Crippen LogP contribution in [0.25, 0.3) is 0 Å². The van der Waals surface area contributed by atoms with Crippen LogP contribution in [0.1, 0.15) is 20.3 Å². The molecule has 0 aliphatic rings. The number of amides is 2. The van der Waals surface area contributed by atoms with Gasteiger partial charge in [-0.15, -0.1) is 0 Å². The Bertz CT molecular complexity index is 341. The molecule has 0 aliphatic heterocycles. The summed E-state index contributed by atoms with van der Waals surface area (Å²) in [5, 5.41) is 14.5. The van der Waals surface area contributed by atoms with Gasteiger partial charge in [-0.05, 0) is 24.5 Å². The van der Waals surface area contributed by atoms with Gasteiger partial charge in [0, 0.05) is 6.20 Å². The number of pyridine rings is 1. The van der Waals surface area contributed by atoms with Crippen LogP contribution in [0, 0.1) is 5.92 Å². The lowest BCUT2D eigenvalue weighted by molar-refractivity contribution is 0.214. The van der Waals surface area contributed by atoms with Crippen LogP contribution in [-0.4, -0.2) is 28.8 Å². The molecule has 1 unspecified atom stereocenters. The molecule has 0 aromatic carbocycles. The number of carbonyl (C=O) groups excluding carboxylic acids is 1. The maximum absolute atomic E-state index is 11.6. The summed E-state index contributed by atoms with van der Waals surface area (Å²) in [6.45, 7) is 4.03. The van der Waals surface area contributed by atoms with Gasteiger partial charge in [0.25, 0.3) is 0 Å². The number of urea groups is 1. The summed E-state index contributed by atoms with van der Waals surface area (Å²) in [4.78, 5) is 15.5. The van der Waals surface area contributed by atoms with Gasteiger partial charge in [0.2, 0.25) is 0 Å². The first-order valence-corrected chi connectivity index (χ1v) is 5.70. The topological polar surface area (TPSA) is 74.2 Å². The molecular formula is C12H19N3O2. The van der Waals surface area contributed by atoms with Crippen LogP contribution in [0.3, 0.4) is 0 Å². The summed E-state index contributed by atoms with van der Waals surface area (Å²) in [5.41, 5.74) is 0.631. The van der Waals surface area contributed by atoms with Crippen LogP contribution in [0.4, 0.5) is 10.5 Å². The Morgan fingerprint density at radius 3 is 2.82 bits per heavy atom. The average molecular weight is 237 g/mol. The Morgan fingerprint density at radius 2 is 2.29 bits per heavy atom. The van der Waals surface area contributed by atoms with Gasteiger partial charge in [-0.3, -0.25) is 4.98 Å². The number of anilines is 1. The molecule has 2 amide bonds. The lowest BCUT2D eigenvalue weighted by Crippen LogP contribution is -2.40. The SMILES string of the molecule is CC(C)CC(CO)NC(=O)Nc1cccnc1. The van der Waals surface area contributed by atoms with E-state index in [9.17, 15) is 4.79 Å². The lowest BCUT2D eigenvalue weighted by Gasteiger charge is -2.18. The maximum Gasteiger partial charge on any atom is 0.319 e. The first-order valence-electron chi connectivity index (χ1n) is 5.70. The Balaban J connectivity index is 2.43. The van der Waals surface area contributed by atoms with Crippen molar-refractivity contribution in [3.05, 3.63) is 24.5 Å². The largest absolute Gasteiger partial charge is 0.394 e. The minimum absolute atomic E-state index is 0.0569. The number of aliphatic hydroxyl groups excluding tert-OH is 1. The molecule has 0 radical (unpaired) electrons. The van der Waals surface area contributed by atoms with E-state index in [1.54, 1.807) is 24.5 Å². The third kappa shape index (κ3) is 5.31. The summed E-state index contributed by atoms with van der Waals surface area (Å²) in [7, 11) is 0. The molecule has 1 rings (SSSR count). The third-order valence-electron chi connectivity index (χ3n) is 2.23. The number of rotatable bonds is 5. The van der Waals surface area contributed by atoms with Crippen LogP contribution >= 0.6 is 0 Å². The summed E-state index contributed by atoms with van der Waals surface area (Å²) < 4.78 is 0. The van der Waals surface area contributed by atoms with Crippen LogP contribution in [-0.2, 0) is 0 Å². The summed E-state index contributed by atoms with van der Waals surface area (Å²) in [6, 6.07) is 2.96. The fourth-order valence-corrected chi connectivity index (χ4v) is 1.54. The van der Waals surface area contributed by atoms with E-state index in [0.29, 0.717) is 11.6 Å². The van der Waals surface area contributed by atoms with E-state index in [1.807, 2.05) is 13.8 Å². The standard InChI is InChI=1S/C12H19N3O2/c1-9(2)6-11(8-16)15-12(17)14-10-4-3-5-13-7-10/h3-5,7,9,11,16H,6,8H2,1-2H3,(H2,14,15,17). The molecule has 1 aromatic rings. The molecule has 94 valence electrons. The molecule has 0 spiro atoms. The predicted molar refractivity (Wildman–Crippen MR) is 66.7 cm³/mol. The average Bonchev–Trinajstić information content (AvgIpc) is 2.28. The molecule has 5 heteroatoms. The Morgan fingerprint density at radius 1 is 1.53 bits per heavy atom. The molecule has 3 N–H and O–H groups in total. The third-order valence-corrected chi connectivity index (χ3v) is 2.23. The minimum Gasteiger partial charge on any atom is -0.394 e. The second kappa shape index (κ2) is 6.85. The number of aromatic nitrogens is 1. The van der Waals surface area contributed by atoms with E-state index in [-0.39, 0.29) is 18.7 Å². The van der Waals surface area contributed by atoms with Crippen molar-refractivity contribution in [1.82, 2.24) is 10.3 Å². The van der Waals surface area contributed by atoms with Crippen molar-refractivity contribution >= 4 is 11.7 Å². The fraction of sp³-hybridized carbons (Fsp3) is 0.500. The minimum atomic E-state index is -0.322. The molecule has 1 atom stereocenters. The molecule has 1 heterocycles. The number of carbonyl (C=O) groups is 1. The predicted octanol–water partition coefficient (Wildman–Crippen LogP) is 1.61. The second-order valence-electron chi connectivity index (χ2n) is 4.35. The van der Waals surface area contributed by atoms with Crippen molar-refractivity contribution < 1.29 is 9.90 Å². The molecule has 5 nitrogen and oxygen atoms in total.